The molecule has 1 N–H and O–H groups in total. The number of hydrogen-bond acceptors (Lipinski definition) is 2. The molecule has 1 aromatic carbocycles. The second-order valence-corrected chi connectivity index (χ2v) is 4.20. The first-order chi connectivity index (χ1) is 8.02. The number of aliphatic carboxylic acids is 1. The molecule has 0 aromatic heterocycles. The van der Waals surface area contributed by atoms with E-state index in [4.69, 9.17) is 5.11 Å². The highest BCUT2D eigenvalue weighted by Crippen LogP contribution is 2.15. The van der Waals surface area contributed by atoms with E-state index in [9.17, 15) is 4.79 Å². The molecule has 0 radical (unpaired) electrons. The Kier molecular flexibility index (Phi) is 4.76. The number of carbonyl (C=O) groups is 1. The number of hydrogen-bond donors (Lipinski definition) is 1. The number of rotatable bonds is 5. The number of carboxylic acid groups (broad SMARTS) is 1. The number of aryl methyl sites for hydroxylation is 1. The zero-order valence-corrected chi connectivity index (χ0v) is 10.6. The molecule has 0 saturated carbocycles. The van der Waals surface area contributed by atoms with E-state index in [-0.39, 0.29) is 0 Å². The van der Waals surface area contributed by atoms with Gasteiger partial charge in [0.05, 0.1) is 0 Å². The summed E-state index contributed by atoms with van der Waals surface area (Å²) in [4.78, 5) is 12.6. The van der Waals surface area contributed by atoms with Crippen molar-refractivity contribution in [1.82, 2.24) is 0 Å². The van der Waals surface area contributed by atoms with Gasteiger partial charge in [0.2, 0.25) is 0 Å². The van der Waals surface area contributed by atoms with Crippen molar-refractivity contribution >= 4 is 11.7 Å². The minimum Gasteiger partial charge on any atom is -0.478 e. The van der Waals surface area contributed by atoms with E-state index in [1.807, 2.05) is 18.9 Å². The van der Waals surface area contributed by atoms with Gasteiger partial charge in [0.15, 0.2) is 0 Å². The van der Waals surface area contributed by atoms with Gasteiger partial charge in [-0.2, -0.15) is 0 Å². The van der Waals surface area contributed by atoms with Gasteiger partial charge in [0, 0.05) is 25.4 Å². The summed E-state index contributed by atoms with van der Waals surface area (Å²) in [5.41, 5.74) is 3.24. The van der Waals surface area contributed by atoms with Crippen LogP contribution in [0.4, 0.5) is 5.69 Å². The standard InChI is InChI=1S/C14H19NO2/c1-4-12-5-7-13(8-6-12)15(3)10-11(2)9-14(16)17/h5-9H,4,10H2,1-3H3,(H,16,17). The monoisotopic (exact) mass is 233 g/mol. The lowest BCUT2D eigenvalue weighted by molar-refractivity contribution is -0.131. The Bertz CT molecular complexity index is 407. The maximum Gasteiger partial charge on any atom is 0.328 e. The number of carboxylic acids is 1. The van der Waals surface area contributed by atoms with E-state index in [0.717, 1.165) is 17.7 Å². The third-order valence-corrected chi connectivity index (χ3v) is 2.64. The van der Waals surface area contributed by atoms with Crippen molar-refractivity contribution in [2.75, 3.05) is 18.5 Å². The number of nitrogens with zero attached hydrogens (tertiary/aromatic N) is 1. The summed E-state index contributed by atoms with van der Waals surface area (Å²) in [6.45, 7) is 4.57. The van der Waals surface area contributed by atoms with E-state index in [1.54, 1.807) is 0 Å². The third kappa shape index (κ3) is 4.31. The first-order valence-corrected chi connectivity index (χ1v) is 5.73. The Hall–Kier alpha value is -1.77. The summed E-state index contributed by atoms with van der Waals surface area (Å²) in [5, 5.41) is 8.64. The second-order valence-electron chi connectivity index (χ2n) is 4.20. The average molecular weight is 233 g/mol. The summed E-state index contributed by atoms with van der Waals surface area (Å²) in [6, 6.07) is 8.32. The van der Waals surface area contributed by atoms with Gasteiger partial charge in [0.25, 0.3) is 0 Å². The van der Waals surface area contributed by atoms with Crippen LogP contribution in [0.3, 0.4) is 0 Å². The van der Waals surface area contributed by atoms with Crippen LogP contribution < -0.4 is 4.90 Å². The lowest BCUT2D eigenvalue weighted by Crippen LogP contribution is -2.19. The van der Waals surface area contributed by atoms with Gasteiger partial charge in [-0.25, -0.2) is 4.79 Å². The first-order valence-electron chi connectivity index (χ1n) is 5.73. The summed E-state index contributed by atoms with van der Waals surface area (Å²) >= 11 is 0. The molecule has 0 amide bonds. The van der Waals surface area contributed by atoms with Crippen LogP contribution in [0.15, 0.2) is 35.9 Å². The van der Waals surface area contributed by atoms with Gasteiger partial charge in [-0.15, -0.1) is 0 Å². The topological polar surface area (TPSA) is 40.5 Å². The molecule has 3 heteroatoms. The number of benzene rings is 1. The Morgan fingerprint density at radius 3 is 2.41 bits per heavy atom. The molecule has 1 rings (SSSR count). The van der Waals surface area contributed by atoms with E-state index in [2.05, 4.69) is 31.2 Å². The highest BCUT2D eigenvalue weighted by molar-refractivity contribution is 5.80. The molecular formula is C14H19NO2. The summed E-state index contributed by atoms with van der Waals surface area (Å²) in [6.07, 6.45) is 2.28. The van der Waals surface area contributed by atoms with E-state index < -0.39 is 5.97 Å². The number of anilines is 1. The molecule has 0 aliphatic carbocycles. The fourth-order valence-electron chi connectivity index (χ4n) is 1.71. The average Bonchev–Trinajstić information content (AvgIpc) is 2.28. The van der Waals surface area contributed by atoms with Crippen LogP contribution in [0, 0.1) is 0 Å². The normalized spacial score (nSPS) is 11.4. The minimum atomic E-state index is -0.891. The zero-order valence-electron chi connectivity index (χ0n) is 10.6. The van der Waals surface area contributed by atoms with Gasteiger partial charge in [-0.1, -0.05) is 19.1 Å². The molecule has 0 heterocycles. The molecule has 0 saturated heterocycles. The van der Waals surface area contributed by atoms with Crippen LogP contribution in [-0.4, -0.2) is 24.7 Å². The third-order valence-electron chi connectivity index (χ3n) is 2.64. The molecule has 17 heavy (non-hydrogen) atoms. The predicted molar refractivity (Wildman–Crippen MR) is 70.5 cm³/mol. The summed E-state index contributed by atoms with van der Waals surface area (Å²) < 4.78 is 0. The highest BCUT2D eigenvalue weighted by atomic mass is 16.4. The van der Waals surface area contributed by atoms with Crippen LogP contribution in [0.5, 0.6) is 0 Å². The molecule has 3 nitrogen and oxygen atoms in total. The van der Waals surface area contributed by atoms with E-state index in [1.165, 1.54) is 11.6 Å². The number of likely N-dealkylation sites (N-methyl/N-ethyl adjacent to an activating group) is 1. The molecule has 1 aromatic rings. The van der Waals surface area contributed by atoms with Crippen molar-refractivity contribution in [2.24, 2.45) is 0 Å². The Balaban J connectivity index is 2.69. The molecule has 92 valence electrons. The van der Waals surface area contributed by atoms with E-state index in [0.29, 0.717) is 6.54 Å². The van der Waals surface area contributed by atoms with Crippen molar-refractivity contribution in [1.29, 1.82) is 0 Å². The molecule has 0 unspecified atom stereocenters. The maximum atomic E-state index is 10.5. The fourth-order valence-corrected chi connectivity index (χ4v) is 1.71. The van der Waals surface area contributed by atoms with Crippen LogP contribution in [0.25, 0.3) is 0 Å². The largest absolute Gasteiger partial charge is 0.478 e. The molecule has 0 fully saturated rings. The van der Waals surface area contributed by atoms with Crippen molar-refractivity contribution in [3.63, 3.8) is 0 Å². The Morgan fingerprint density at radius 1 is 1.35 bits per heavy atom. The van der Waals surface area contributed by atoms with E-state index >= 15 is 0 Å². The van der Waals surface area contributed by atoms with Crippen molar-refractivity contribution in [3.05, 3.63) is 41.5 Å². The van der Waals surface area contributed by atoms with Crippen LogP contribution >= 0.6 is 0 Å². The van der Waals surface area contributed by atoms with Gasteiger partial charge in [-0.05, 0) is 36.6 Å². The smallest absolute Gasteiger partial charge is 0.328 e. The van der Waals surface area contributed by atoms with Gasteiger partial charge in [0.1, 0.15) is 0 Å². The highest BCUT2D eigenvalue weighted by Gasteiger charge is 2.02. The SMILES string of the molecule is CCc1ccc(N(C)CC(C)=CC(=O)O)cc1. The fraction of sp³-hybridized carbons (Fsp3) is 0.357. The van der Waals surface area contributed by atoms with Crippen LogP contribution in [0.2, 0.25) is 0 Å². The van der Waals surface area contributed by atoms with Crippen molar-refractivity contribution in [2.45, 2.75) is 20.3 Å². The second kappa shape index (κ2) is 6.09. The van der Waals surface area contributed by atoms with Crippen LogP contribution in [-0.2, 0) is 11.2 Å². The first kappa shape index (κ1) is 13.3. The summed E-state index contributed by atoms with van der Waals surface area (Å²) in [5.74, 6) is -0.891. The van der Waals surface area contributed by atoms with Crippen LogP contribution in [0.1, 0.15) is 19.4 Å². The Labute approximate surface area is 102 Å². The molecule has 0 aliphatic rings. The molecular weight excluding hydrogens is 214 g/mol. The summed E-state index contributed by atoms with van der Waals surface area (Å²) in [7, 11) is 1.96. The molecule has 0 bridgehead atoms. The predicted octanol–water partition coefficient (Wildman–Crippen LogP) is 2.72. The van der Waals surface area contributed by atoms with Crippen molar-refractivity contribution in [3.8, 4) is 0 Å². The maximum absolute atomic E-state index is 10.5. The van der Waals surface area contributed by atoms with Gasteiger partial charge >= 0.3 is 5.97 Å². The zero-order chi connectivity index (χ0) is 12.8. The van der Waals surface area contributed by atoms with Gasteiger partial charge in [-0.3, -0.25) is 0 Å². The molecule has 0 aliphatic heterocycles. The lowest BCUT2D eigenvalue weighted by Gasteiger charge is -2.19. The molecule has 0 spiro atoms. The Morgan fingerprint density at radius 2 is 1.94 bits per heavy atom. The quantitative estimate of drug-likeness (QED) is 0.795. The van der Waals surface area contributed by atoms with Crippen molar-refractivity contribution < 1.29 is 9.90 Å². The minimum absolute atomic E-state index is 0.623. The van der Waals surface area contributed by atoms with Gasteiger partial charge < -0.3 is 10.0 Å². The molecule has 0 atom stereocenters. The lowest BCUT2D eigenvalue weighted by atomic mass is 10.1.